The lowest BCUT2D eigenvalue weighted by Crippen LogP contribution is -2.27. The summed E-state index contributed by atoms with van der Waals surface area (Å²) < 4.78 is 5.18. The Bertz CT molecular complexity index is 541. The van der Waals surface area contributed by atoms with E-state index in [-0.39, 0.29) is 31.4 Å². The van der Waals surface area contributed by atoms with Gasteiger partial charge >= 0.3 is 5.97 Å². The summed E-state index contributed by atoms with van der Waals surface area (Å²) >= 11 is 0. The van der Waals surface area contributed by atoms with Crippen molar-refractivity contribution < 1.29 is 24.2 Å². The van der Waals surface area contributed by atoms with E-state index in [1.54, 1.807) is 6.07 Å². The second kappa shape index (κ2) is 5.38. The van der Waals surface area contributed by atoms with E-state index >= 15 is 0 Å². The summed E-state index contributed by atoms with van der Waals surface area (Å²) in [5.74, 6) is -1.18. The smallest absolute Gasteiger partial charge is 0.305 e. The fraction of sp³-hybridized carbons (Fsp3) is 0.250. The zero-order valence-electron chi connectivity index (χ0n) is 9.93. The van der Waals surface area contributed by atoms with Crippen LogP contribution in [-0.4, -0.2) is 36.0 Å². The van der Waals surface area contributed by atoms with E-state index in [2.05, 4.69) is 10.6 Å². The molecule has 1 aliphatic rings. The van der Waals surface area contributed by atoms with Gasteiger partial charge in [0.05, 0.1) is 12.1 Å². The molecule has 0 radical (unpaired) electrons. The number of aliphatic carboxylic acids is 1. The van der Waals surface area contributed by atoms with E-state index in [1.165, 1.54) is 12.1 Å². The summed E-state index contributed by atoms with van der Waals surface area (Å²) in [6, 6.07) is 4.60. The SMILES string of the molecule is O=C(O)CCNC(=O)c1ccc2c(c1)OCC(=O)N2. The lowest BCUT2D eigenvalue weighted by molar-refractivity contribution is -0.136. The summed E-state index contributed by atoms with van der Waals surface area (Å²) in [4.78, 5) is 33.1. The Balaban J connectivity index is 2.03. The molecule has 2 rings (SSSR count). The minimum absolute atomic E-state index is 0.0584. The Labute approximate surface area is 108 Å². The average Bonchev–Trinajstić information content (AvgIpc) is 2.37. The first-order chi connectivity index (χ1) is 9.06. The Morgan fingerprint density at radius 2 is 2.21 bits per heavy atom. The molecule has 1 aromatic carbocycles. The molecule has 19 heavy (non-hydrogen) atoms. The number of hydrogen-bond donors (Lipinski definition) is 3. The number of fused-ring (bicyclic) bond motifs is 1. The van der Waals surface area contributed by atoms with E-state index in [0.717, 1.165) is 0 Å². The molecule has 7 nitrogen and oxygen atoms in total. The van der Waals surface area contributed by atoms with Gasteiger partial charge in [-0.25, -0.2) is 0 Å². The van der Waals surface area contributed by atoms with Crippen molar-refractivity contribution in [1.29, 1.82) is 0 Å². The Hall–Kier alpha value is -2.57. The third-order valence-electron chi connectivity index (χ3n) is 2.50. The second-order valence-electron chi connectivity index (χ2n) is 3.95. The maximum Gasteiger partial charge on any atom is 0.305 e. The quantitative estimate of drug-likeness (QED) is 0.721. The van der Waals surface area contributed by atoms with E-state index in [0.29, 0.717) is 17.0 Å². The number of carbonyl (C=O) groups is 3. The predicted octanol–water partition coefficient (Wildman–Crippen LogP) is 0.222. The summed E-state index contributed by atoms with van der Waals surface area (Å²) in [5, 5.41) is 13.6. The van der Waals surface area contributed by atoms with Crippen molar-refractivity contribution in [2.24, 2.45) is 0 Å². The summed E-state index contributed by atoms with van der Waals surface area (Å²) in [7, 11) is 0. The maximum absolute atomic E-state index is 11.7. The Kier molecular flexibility index (Phi) is 3.65. The Morgan fingerprint density at radius 1 is 1.42 bits per heavy atom. The fourth-order valence-electron chi connectivity index (χ4n) is 1.60. The van der Waals surface area contributed by atoms with Crippen LogP contribution in [0.1, 0.15) is 16.8 Å². The van der Waals surface area contributed by atoms with Crippen molar-refractivity contribution in [2.45, 2.75) is 6.42 Å². The molecule has 2 amide bonds. The van der Waals surface area contributed by atoms with Gasteiger partial charge in [-0.1, -0.05) is 0 Å². The van der Waals surface area contributed by atoms with Crippen molar-refractivity contribution >= 4 is 23.5 Å². The molecule has 0 atom stereocenters. The molecule has 100 valence electrons. The van der Waals surface area contributed by atoms with Crippen LogP contribution in [0.2, 0.25) is 0 Å². The first-order valence-electron chi connectivity index (χ1n) is 5.63. The molecule has 0 aliphatic carbocycles. The number of benzene rings is 1. The molecule has 0 unspecified atom stereocenters. The van der Waals surface area contributed by atoms with E-state index in [4.69, 9.17) is 9.84 Å². The number of carbonyl (C=O) groups excluding carboxylic acids is 2. The maximum atomic E-state index is 11.7. The van der Waals surface area contributed by atoms with Crippen molar-refractivity contribution in [1.82, 2.24) is 5.32 Å². The summed E-state index contributed by atoms with van der Waals surface area (Å²) in [5.41, 5.74) is 0.860. The van der Waals surface area contributed by atoms with Gasteiger partial charge < -0.3 is 20.5 Å². The van der Waals surface area contributed by atoms with Crippen LogP contribution in [0.4, 0.5) is 5.69 Å². The number of carboxylic acids is 1. The van der Waals surface area contributed by atoms with Gasteiger partial charge in [-0.3, -0.25) is 14.4 Å². The molecule has 0 aromatic heterocycles. The normalized spacial score (nSPS) is 12.9. The van der Waals surface area contributed by atoms with Crippen molar-refractivity contribution in [3.8, 4) is 5.75 Å². The fourth-order valence-corrected chi connectivity index (χ4v) is 1.60. The van der Waals surface area contributed by atoms with Crippen LogP contribution in [0.15, 0.2) is 18.2 Å². The van der Waals surface area contributed by atoms with E-state index in [9.17, 15) is 14.4 Å². The number of carboxylic acid groups (broad SMARTS) is 1. The lowest BCUT2D eigenvalue weighted by Gasteiger charge is -2.18. The van der Waals surface area contributed by atoms with Crippen LogP contribution in [0.25, 0.3) is 0 Å². The first kappa shape index (κ1) is 12.9. The van der Waals surface area contributed by atoms with Gasteiger partial charge in [0.25, 0.3) is 11.8 Å². The van der Waals surface area contributed by atoms with Crippen LogP contribution in [0.3, 0.4) is 0 Å². The minimum Gasteiger partial charge on any atom is -0.482 e. The largest absolute Gasteiger partial charge is 0.482 e. The molecule has 0 saturated carbocycles. The molecular formula is C12H12N2O5. The highest BCUT2D eigenvalue weighted by Crippen LogP contribution is 2.28. The van der Waals surface area contributed by atoms with Crippen LogP contribution < -0.4 is 15.4 Å². The van der Waals surface area contributed by atoms with Crippen LogP contribution in [-0.2, 0) is 9.59 Å². The first-order valence-corrected chi connectivity index (χ1v) is 5.63. The monoisotopic (exact) mass is 264 g/mol. The number of ether oxygens (including phenoxy) is 1. The molecule has 0 bridgehead atoms. The van der Waals surface area contributed by atoms with Gasteiger partial charge in [0.1, 0.15) is 5.75 Å². The van der Waals surface area contributed by atoms with Gasteiger partial charge in [0.2, 0.25) is 0 Å². The third-order valence-corrected chi connectivity index (χ3v) is 2.50. The average molecular weight is 264 g/mol. The number of amides is 2. The van der Waals surface area contributed by atoms with Crippen molar-refractivity contribution in [2.75, 3.05) is 18.5 Å². The zero-order chi connectivity index (χ0) is 13.8. The van der Waals surface area contributed by atoms with Crippen LogP contribution in [0.5, 0.6) is 5.75 Å². The second-order valence-corrected chi connectivity index (χ2v) is 3.95. The number of hydrogen-bond acceptors (Lipinski definition) is 4. The molecule has 0 saturated heterocycles. The molecule has 1 aromatic rings. The van der Waals surface area contributed by atoms with Gasteiger partial charge in [-0.05, 0) is 18.2 Å². The number of rotatable bonds is 4. The standard InChI is InChI=1S/C12H12N2O5/c15-10-6-19-9-5-7(1-2-8(9)14-10)12(18)13-4-3-11(16)17/h1-2,5H,3-4,6H2,(H,13,18)(H,14,15)(H,16,17). The molecule has 1 aliphatic heterocycles. The van der Waals surface area contributed by atoms with Gasteiger partial charge in [0.15, 0.2) is 6.61 Å². The summed E-state index contributed by atoms with van der Waals surface area (Å²) in [6.45, 7) is -0.0278. The highest BCUT2D eigenvalue weighted by atomic mass is 16.5. The van der Waals surface area contributed by atoms with E-state index in [1.807, 2.05) is 0 Å². The van der Waals surface area contributed by atoms with Gasteiger partial charge in [-0.2, -0.15) is 0 Å². The van der Waals surface area contributed by atoms with Crippen molar-refractivity contribution in [3.05, 3.63) is 23.8 Å². The van der Waals surface area contributed by atoms with Gasteiger partial charge in [-0.15, -0.1) is 0 Å². The number of anilines is 1. The number of nitrogens with one attached hydrogen (secondary N) is 2. The third kappa shape index (κ3) is 3.21. The van der Waals surface area contributed by atoms with Crippen LogP contribution in [0, 0.1) is 0 Å². The molecule has 0 fully saturated rings. The lowest BCUT2D eigenvalue weighted by atomic mass is 10.1. The topological polar surface area (TPSA) is 105 Å². The van der Waals surface area contributed by atoms with Crippen LogP contribution >= 0.6 is 0 Å². The molecular weight excluding hydrogens is 252 g/mol. The van der Waals surface area contributed by atoms with Gasteiger partial charge in [0, 0.05) is 12.1 Å². The summed E-state index contributed by atoms with van der Waals surface area (Å²) in [6.07, 6.45) is -0.136. The van der Waals surface area contributed by atoms with E-state index < -0.39 is 5.97 Å². The molecule has 1 heterocycles. The highest BCUT2D eigenvalue weighted by molar-refractivity contribution is 5.99. The predicted molar refractivity (Wildman–Crippen MR) is 65.2 cm³/mol. The Morgan fingerprint density at radius 3 is 2.95 bits per heavy atom. The molecule has 3 N–H and O–H groups in total. The minimum atomic E-state index is -0.975. The van der Waals surface area contributed by atoms with Crippen molar-refractivity contribution in [3.63, 3.8) is 0 Å². The zero-order valence-corrected chi connectivity index (χ0v) is 9.93. The highest BCUT2D eigenvalue weighted by Gasteiger charge is 2.17. The molecule has 0 spiro atoms. The molecule has 7 heteroatoms.